The molecule has 0 aliphatic carbocycles. The molecule has 0 fully saturated rings. The molecule has 654 valence electrons. The van der Waals surface area contributed by atoms with Crippen LogP contribution in [0.15, 0.2) is 194 Å². The highest BCUT2D eigenvalue weighted by atomic mass is 31.2. The van der Waals surface area contributed by atoms with Gasteiger partial charge in [-0.3, -0.25) is 32.5 Å². The van der Waals surface area contributed by atoms with Crippen LogP contribution in [0, 0.1) is 0 Å². The Bertz CT molecular complexity index is 2870. The standard InChI is InChI=1S/C97H160O16P2/c1-4-7-10-13-16-19-22-25-28-31-34-37-39-41-43-45-47-49-51-54-56-59-62-65-68-71-74-77-80-83-95(100)107-86-92(98)87-109-114(103,104)110-88-93(99)89-111-115(105,106)112-91-94(113-97(102)85-82-79-76-73-70-67-64-61-58-53-36-33-30-27-24-21-18-15-12-9-6-3)90-108-96(101)84-81-78-75-72-69-66-63-60-57-55-52-50-48-46-44-42-40-38-35-32-29-26-23-20-17-14-11-8-5-2/h7,9-10,12,16-21,25-30,34-38,41-44,47,49,53,61,64,70,73,92-94,98-99H,4-6,8,11,13-15,22-24,31-33,39-40,45-46,48,50-52,54-60,62-63,65-69,71-72,74-91H2,1-3H3,(H,103,104)(H,105,106)/b10-7-,12-9-,19-16-,20-17-,21-18-,28-25-,29-26-,30-27-,37-34-,38-35-,43-41-,44-42-,49-47-,53-36-,64-61-,73-70-. The molecule has 18 heteroatoms. The molecule has 0 spiro atoms. The number of phosphoric ester groups is 2. The molecule has 0 amide bonds. The fourth-order valence-electron chi connectivity index (χ4n) is 11.6. The summed E-state index contributed by atoms with van der Waals surface area (Å²) in [5.41, 5.74) is 0. The zero-order valence-corrected chi connectivity index (χ0v) is 73.7. The van der Waals surface area contributed by atoms with Gasteiger partial charge < -0.3 is 34.2 Å². The van der Waals surface area contributed by atoms with Crippen molar-refractivity contribution in [2.75, 3.05) is 39.6 Å². The fourth-order valence-corrected chi connectivity index (χ4v) is 13.1. The van der Waals surface area contributed by atoms with Gasteiger partial charge in [-0.2, -0.15) is 0 Å². The van der Waals surface area contributed by atoms with Crippen LogP contribution in [0.3, 0.4) is 0 Å². The van der Waals surface area contributed by atoms with E-state index in [0.717, 1.165) is 167 Å². The molecule has 0 saturated heterocycles. The first-order valence-corrected chi connectivity index (χ1v) is 47.7. The highest BCUT2D eigenvalue weighted by Crippen LogP contribution is 2.45. The zero-order valence-electron chi connectivity index (χ0n) is 71.9. The van der Waals surface area contributed by atoms with Crippen LogP contribution < -0.4 is 0 Å². The molecule has 5 atom stereocenters. The third kappa shape index (κ3) is 89.0. The van der Waals surface area contributed by atoms with Crippen LogP contribution in [0.2, 0.25) is 0 Å². The van der Waals surface area contributed by atoms with Gasteiger partial charge >= 0.3 is 33.6 Å². The van der Waals surface area contributed by atoms with E-state index in [9.17, 15) is 43.5 Å². The Morgan fingerprint density at radius 2 is 0.461 bits per heavy atom. The zero-order chi connectivity index (χ0) is 83.6. The molecule has 0 aromatic rings. The number of hydrogen-bond donors (Lipinski definition) is 4. The van der Waals surface area contributed by atoms with Crippen molar-refractivity contribution in [2.45, 2.75) is 360 Å². The maximum atomic E-state index is 13.0. The lowest BCUT2D eigenvalue weighted by Crippen LogP contribution is -2.30. The molecule has 0 rings (SSSR count). The Morgan fingerprint density at radius 1 is 0.252 bits per heavy atom. The van der Waals surface area contributed by atoms with Crippen molar-refractivity contribution in [1.29, 1.82) is 0 Å². The number of carbonyl (C=O) groups is 3. The summed E-state index contributed by atoms with van der Waals surface area (Å²) in [5.74, 6) is -1.64. The highest BCUT2D eigenvalue weighted by molar-refractivity contribution is 7.47. The van der Waals surface area contributed by atoms with Gasteiger partial charge in [-0.15, -0.1) is 0 Å². The number of phosphoric acid groups is 2. The smallest absolute Gasteiger partial charge is 0.463 e. The Morgan fingerprint density at radius 3 is 0.748 bits per heavy atom. The molecule has 5 unspecified atom stereocenters. The van der Waals surface area contributed by atoms with Gasteiger partial charge in [0.05, 0.1) is 26.4 Å². The summed E-state index contributed by atoms with van der Waals surface area (Å²) in [6, 6.07) is 0. The van der Waals surface area contributed by atoms with Crippen molar-refractivity contribution in [3.63, 3.8) is 0 Å². The number of rotatable bonds is 83. The van der Waals surface area contributed by atoms with E-state index < -0.39 is 91.5 Å². The van der Waals surface area contributed by atoms with Crippen LogP contribution in [-0.4, -0.2) is 95.9 Å². The number of carbonyl (C=O) groups excluding carboxylic acids is 3. The maximum Gasteiger partial charge on any atom is 0.472 e. The fraction of sp³-hybridized carbons (Fsp3) is 0.639. The molecule has 0 aromatic heterocycles. The lowest BCUT2D eigenvalue weighted by molar-refractivity contribution is -0.161. The topological polar surface area (TPSA) is 231 Å². The van der Waals surface area contributed by atoms with E-state index in [2.05, 4.69) is 215 Å². The minimum atomic E-state index is -4.96. The van der Waals surface area contributed by atoms with Crippen LogP contribution in [0.4, 0.5) is 0 Å². The number of unbranched alkanes of at least 4 members (excludes halogenated alkanes) is 28. The van der Waals surface area contributed by atoms with Crippen LogP contribution in [0.25, 0.3) is 0 Å². The summed E-state index contributed by atoms with van der Waals surface area (Å²) in [5, 5.41) is 20.7. The van der Waals surface area contributed by atoms with Gasteiger partial charge in [0.25, 0.3) is 0 Å². The normalized spacial score (nSPS) is 14.7. The van der Waals surface area contributed by atoms with Crippen molar-refractivity contribution in [3.05, 3.63) is 194 Å². The van der Waals surface area contributed by atoms with Crippen molar-refractivity contribution in [2.24, 2.45) is 0 Å². The van der Waals surface area contributed by atoms with Crippen LogP contribution in [0.5, 0.6) is 0 Å². The predicted octanol–water partition coefficient (Wildman–Crippen LogP) is 27.4. The second-order valence-corrected chi connectivity index (χ2v) is 32.2. The Hall–Kier alpha value is -5.61. The first-order valence-electron chi connectivity index (χ1n) is 44.7. The Kier molecular flexibility index (Phi) is 83.4. The molecular formula is C97H160O16P2. The lowest BCUT2D eigenvalue weighted by Gasteiger charge is -2.21. The molecular weight excluding hydrogens is 1480 g/mol. The summed E-state index contributed by atoms with van der Waals surface area (Å²) in [7, 11) is -9.83. The van der Waals surface area contributed by atoms with E-state index in [1.54, 1.807) is 0 Å². The summed E-state index contributed by atoms with van der Waals surface area (Å²) >= 11 is 0. The molecule has 0 aromatic carbocycles. The molecule has 0 radical (unpaired) electrons. The number of ether oxygens (including phenoxy) is 3. The Labute approximate surface area is 699 Å². The first-order chi connectivity index (χ1) is 56.2. The lowest BCUT2D eigenvalue weighted by atomic mass is 10.0. The summed E-state index contributed by atoms with van der Waals surface area (Å²) < 4.78 is 61.4. The molecule has 0 aliphatic heterocycles. The number of hydrogen-bond acceptors (Lipinski definition) is 14. The number of aliphatic hydroxyl groups is 2. The third-order valence-corrected chi connectivity index (χ3v) is 20.2. The molecule has 4 N–H and O–H groups in total. The maximum absolute atomic E-state index is 13.0. The monoisotopic (exact) mass is 1640 g/mol. The van der Waals surface area contributed by atoms with Gasteiger partial charge in [0, 0.05) is 19.3 Å². The SMILES string of the molecule is CC/C=C\C/C=C\C/C=C\C/C=C\C/C=C\C/C=C\CCCCCCCCCCCCC(=O)OCC(O)COP(=O)(O)OCC(O)COP(=O)(O)OCC(COC(=O)CCCCCCCCCCCCCCC/C=C\C/C=C\C/C=C\C/C=C\CCCCC)OC(=O)CCCC/C=C\C/C=C\C/C=C\C/C=C\C/C=C\C/C=C\CC. The van der Waals surface area contributed by atoms with Gasteiger partial charge in [0.15, 0.2) is 6.10 Å². The second kappa shape index (κ2) is 87.7. The van der Waals surface area contributed by atoms with Crippen molar-refractivity contribution in [1.82, 2.24) is 0 Å². The van der Waals surface area contributed by atoms with E-state index >= 15 is 0 Å². The average molecular weight is 1640 g/mol. The summed E-state index contributed by atoms with van der Waals surface area (Å²) in [6.45, 7) is 2.38. The van der Waals surface area contributed by atoms with Crippen molar-refractivity contribution >= 4 is 33.6 Å². The van der Waals surface area contributed by atoms with E-state index in [1.807, 2.05) is 0 Å². The molecule has 0 aliphatic rings. The quantitative estimate of drug-likeness (QED) is 0.0146. The average Bonchev–Trinajstić information content (AvgIpc) is 0.901. The van der Waals surface area contributed by atoms with Crippen LogP contribution >= 0.6 is 15.6 Å². The largest absolute Gasteiger partial charge is 0.472 e. The molecule has 0 heterocycles. The van der Waals surface area contributed by atoms with Gasteiger partial charge in [-0.05, 0) is 167 Å². The second-order valence-electron chi connectivity index (χ2n) is 29.3. The molecule has 115 heavy (non-hydrogen) atoms. The molecule has 0 saturated carbocycles. The van der Waals surface area contributed by atoms with Crippen LogP contribution in [0.1, 0.15) is 342 Å². The number of aliphatic hydroxyl groups excluding tert-OH is 2. The summed E-state index contributed by atoms with van der Waals surface area (Å²) in [4.78, 5) is 58.9. The predicted molar refractivity (Wildman–Crippen MR) is 481 cm³/mol. The molecule has 0 bridgehead atoms. The van der Waals surface area contributed by atoms with Gasteiger partial charge in [-0.1, -0.05) is 350 Å². The summed E-state index contributed by atoms with van der Waals surface area (Å²) in [6.07, 6.45) is 116. The van der Waals surface area contributed by atoms with Gasteiger partial charge in [0.2, 0.25) is 0 Å². The van der Waals surface area contributed by atoms with E-state index in [0.29, 0.717) is 25.7 Å². The minimum Gasteiger partial charge on any atom is -0.463 e. The third-order valence-electron chi connectivity index (χ3n) is 18.3. The minimum absolute atomic E-state index is 0.0431. The van der Waals surface area contributed by atoms with E-state index in [4.69, 9.17) is 32.3 Å². The van der Waals surface area contributed by atoms with E-state index in [1.165, 1.54) is 109 Å². The van der Waals surface area contributed by atoms with Gasteiger partial charge in [-0.25, -0.2) is 9.13 Å². The number of allylic oxidation sites excluding steroid dienone is 32. The van der Waals surface area contributed by atoms with E-state index in [-0.39, 0.29) is 19.3 Å². The first kappa shape index (κ1) is 109. The van der Waals surface area contributed by atoms with Crippen molar-refractivity contribution < 1.29 is 75.8 Å². The van der Waals surface area contributed by atoms with Gasteiger partial charge in [0.1, 0.15) is 25.4 Å². The Balaban J connectivity index is 4.67. The molecule has 16 nitrogen and oxygen atoms in total. The number of esters is 3. The highest BCUT2D eigenvalue weighted by Gasteiger charge is 2.29. The van der Waals surface area contributed by atoms with Crippen molar-refractivity contribution in [3.8, 4) is 0 Å². The van der Waals surface area contributed by atoms with Crippen LogP contribution in [-0.2, 0) is 55.8 Å².